The lowest BCUT2D eigenvalue weighted by Gasteiger charge is -2.10. The number of hydrogen-bond acceptors (Lipinski definition) is 4. The van der Waals surface area contributed by atoms with Crippen LogP contribution in [0, 0.1) is 31.3 Å². The molecule has 2 amide bonds. The number of nitrogens with zero attached hydrogens (tertiary/aromatic N) is 3. The fourth-order valence-electron chi connectivity index (χ4n) is 3.54. The molecule has 0 spiro atoms. The minimum absolute atomic E-state index is 0.0218. The van der Waals surface area contributed by atoms with Crippen molar-refractivity contribution in [3.63, 3.8) is 0 Å². The summed E-state index contributed by atoms with van der Waals surface area (Å²) < 4.78 is 42.4. The molecule has 0 aliphatic rings. The molecular formula is C23H18F3N5O2. The number of aromatic nitrogens is 3. The monoisotopic (exact) mass is 453 g/mol. The van der Waals surface area contributed by atoms with Gasteiger partial charge in [0.1, 0.15) is 23.1 Å². The molecule has 2 aromatic carbocycles. The normalized spacial score (nSPS) is 11.1. The van der Waals surface area contributed by atoms with Crippen molar-refractivity contribution in [2.45, 2.75) is 20.4 Å². The number of nitrogens with one attached hydrogen (secondary N) is 1. The number of carbonyl (C=O) groups is 2. The lowest BCUT2D eigenvalue weighted by atomic mass is 10.1. The fraction of sp³-hybridized carbons (Fsp3) is 0.130. The maximum absolute atomic E-state index is 14.0. The van der Waals surface area contributed by atoms with E-state index in [0.29, 0.717) is 22.5 Å². The predicted octanol–water partition coefficient (Wildman–Crippen LogP) is 3.86. The number of anilines is 1. The molecule has 4 aromatic rings. The fourth-order valence-corrected chi connectivity index (χ4v) is 3.54. The van der Waals surface area contributed by atoms with Crippen LogP contribution in [0.2, 0.25) is 0 Å². The minimum Gasteiger partial charge on any atom is -0.366 e. The Kier molecular flexibility index (Phi) is 5.59. The van der Waals surface area contributed by atoms with Crippen LogP contribution >= 0.6 is 0 Å². The Morgan fingerprint density at radius 1 is 1.03 bits per heavy atom. The molecule has 3 N–H and O–H groups in total. The van der Waals surface area contributed by atoms with Crippen LogP contribution in [0.1, 0.15) is 37.8 Å². The zero-order valence-corrected chi connectivity index (χ0v) is 17.6. The second kappa shape index (κ2) is 8.38. The standard InChI is InChI=1S/C23H18F3N5O2/c1-11-21(12(2)31(30-11)10-13-3-4-14(24)7-18(13)26)29-23(33)20-9-17(22(27)32)16-6-5-15(25)8-19(16)28-20/h3-9H,10H2,1-2H3,(H2,27,32)(H,29,33). The lowest BCUT2D eigenvalue weighted by molar-refractivity contribution is 0.100. The molecule has 2 heterocycles. The van der Waals surface area contributed by atoms with Gasteiger partial charge in [-0.05, 0) is 38.1 Å². The van der Waals surface area contributed by atoms with Crippen LogP contribution in [-0.4, -0.2) is 26.6 Å². The second-order valence-electron chi connectivity index (χ2n) is 7.47. The molecule has 0 radical (unpaired) electrons. The third-order valence-corrected chi connectivity index (χ3v) is 5.23. The van der Waals surface area contributed by atoms with Crippen molar-refractivity contribution in [3.8, 4) is 0 Å². The van der Waals surface area contributed by atoms with E-state index in [2.05, 4.69) is 15.4 Å². The van der Waals surface area contributed by atoms with E-state index in [4.69, 9.17) is 5.73 Å². The van der Waals surface area contributed by atoms with E-state index in [1.807, 2.05) is 0 Å². The van der Waals surface area contributed by atoms with Crippen LogP contribution in [0.4, 0.5) is 18.9 Å². The molecule has 33 heavy (non-hydrogen) atoms. The van der Waals surface area contributed by atoms with E-state index < -0.39 is 29.3 Å². The van der Waals surface area contributed by atoms with Crippen molar-refractivity contribution in [1.82, 2.24) is 14.8 Å². The summed E-state index contributed by atoms with van der Waals surface area (Å²) in [5.74, 6) is -3.42. The van der Waals surface area contributed by atoms with Gasteiger partial charge < -0.3 is 11.1 Å². The predicted molar refractivity (Wildman–Crippen MR) is 115 cm³/mol. The number of rotatable bonds is 5. The van der Waals surface area contributed by atoms with Crippen molar-refractivity contribution in [2.24, 2.45) is 5.73 Å². The number of primary amides is 1. The topological polar surface area (TPSA) is 103 Å². The van der Waals surface area contributed by atoms with E-state index in [-0.39, 0.29) is 28.9 Å². The van der Waals surface area contributed by atoms with E-state index in [0.717, 1.165) is 18.2 Å². The van der Waals surface area contributed by atoms with Gasteiger partial charge in [-0.25, -0.2) is 18.2 Å². The largest absolute Gasteiger partial charge is 0.366 e. The zero-order valence-electron chi connectivity index (χ0n) is 17.6. The molecule has 0 unspecified atom stereocenters. The molecule has 0 aliphatic heterocycles. The number of amides is 2. The van der Waals surface area contributed by atoms with Crippen molar-refractivity contribution >= 4 is 28.4 Å². The molecule has 7 nitrogen and oxygen atoms in total. The first-order valence-electron chi connectivity index (χ1n) is 9.83. The number of hydrogen-bond donors (Lipinski definition) is 2. The van der Waals surface area contributed by atoms with Gasteiger partial charge in [-0.1, -0.05) is 6.07 Å². The minimum atomic E-state index is -0.787. The summed E-state index contributed by atoms with van der Waals surface area (Å²) in [6, 6.07) is 8.13. The van der Waals surface area contributed by atoms with E-state index >= 15 is 0 Å². The summed E-state index contributed by atoms with van der Waals surface area (Å²) in [5.41, 5.74) is 6.98. The average molecular weight is 453 g/mol. The first-order valence-corrected chi connectivity index (χ1v) is 9.83. The number of benzene rings is 2. The maximum atomic E-state index is 14.0. The molecule has 0 atom stereocenters. The van der Waals surface area contributed by atoms with E-state index in [1.165, 1.54) is 28.9 Å². The first-order chi connectivity index (χ1) is 15.6. The van der Waals surface area contributed by atoms with Gasteiger partial charge in [0.15, 0.2) is 0 Å². The molecule has 0 saturated carbocycles. The van der Waals surface area contributed by atoms with Gasteiger partial charge >= 0.3 is 0 Å². The third-order valence-electron chi connectivity index (χ3n) is 5.23. The number of fused-ring (bicyclic) bond motifs is 1. The number of aryl methyl sites for hydroxylation is 1. The smallest absolute Gasteiger partial charge is 0.274 e. The first kappa shape index (κ1) is 22.0. The third kappa shape index (κ3) is 4.27. The van der Waals surface area contributed by atoms with Crippen LogP contribution in [0.15, 0.2) is 42.5 Å². The highest BCUT2D eigenvalue weighted by Gasteiger charge is 2.20. The molecule has 2 aromatic heterocycles. The van der Waals surface area contributed by atoms with Crippen LogP contribution in [0.5, 0.6) is 0 Å². The zero-order chi connectivity index (χ0) is 23.9. The Morgan fingerprint density at radius 2 is 1.73 bits per heavy atom. The van der Waals surface area contributed by atoms with Crippen molar-refractivity contribution in [3.05, 3.63) is 88.1 Å². The number of carbonyl (C=O) groups excluding carboxylic acids is 2. The van der Waals surface area contributed by atoms with Gasteiger partial charge in [0.2, 0.25) is 5.91 Å². The molecule has 168 valence electrons. The number of nitrogens with two attached hydrogens (primary N) is 1. The molecule has 0 saturated heterocycles. The summed E-state index contributed by atoms with van der Waals surface area (Å²) in [4.78, 5) is 28.9. The van der Waals surface area contributed by atoms with Gasteiger partial charge in [-0.3, -0.25) is 14.3 Å². The van der Waals surface area contributed by atoms with Crippen molar-refractivity contribution < 1.29 is 22.8 Å². The Bertz CT molecular complexity index is 1430. The van der Waals surface area contributed by atoms with Gasteiger partial charge in [0.25, 0.3) is 5.91 Å². The number of halogens is 3. The van der Waals surface area contributed by atoms with Gasteiger partial charge in [0, 0.05) is 23.1 Å². The van der Waals surface area contributed by atoms with Gasteiger partial charge in [-0.2, -0.15) is 5.10 Å². The van der Waals surface area contributed by atoms with Crippen molar-refractivity contribution in [1.29, 1.82) is 0 Å². The van der Waals surface area contributed by atoms with Crippen LogP contribution in [-0.2, 0) is 6.54 Å². The summed E-state index contributed by atoms with van der Waals surface area (Å²) in [6.07, 6.45) is 0. The SMILES string of the molecule is Cc1nn(Cc2ccc(F)cc2F)c(C)c1NC(=O)c1cc(C(N)=O)c2ccc(F)cc2n1. The van der Waals surface area contributed by atoms with E-state index in [1.54, 1.807) is 13.8 Å². The highest BCUT2D eigenvalue weighted by atomic mass is 19.1. The van der Waals surface area contributed by atoms with E-state index in [9.17, 15) is 22.8 Å². The van der Waals surface area contributed by atoms with Crippen LogP contribution in [0.25, 0.3) is 10.9 Å². The summed E-state index contributed by atoms with van der Waals surface area (Å²) in [5, 5.41) is 7.33. The maximum Gasteiger partial charge on any atom is 0.274 e. The Hall–Kier alpha value is -4.21. The van der Waals surface area contributed by atoms with Crippen LogP contribution < -0.4 is 11.1 Å². The average Bonchev–Trinajstić information content (AvgIpc) is 3.01. The van der Waals surface area contributed by atoms with Gasteiger partial charge in [-0.15, -0.1) is 0 Å². The quantitative estimate of drug-likeness (QED) is 0.479. The molecule has 4 rings (SSSR count). The Morgan fingerprint density at radius 3 is 2.42 bits per heavy atom. The lowest BCUT2D eigenvalue weighted by Crippen LogP contribution is -2.18. The Labute approximate surface area is 186 Å². The molecule has 0 fully saturated rings. The molecule has 0 bridgehead atoms. The highest BCUT2D eigenvalue weighted by molar-refractivity contribution is 6.10. The Balaban J connectivity index is 1.66. The number of pyridine rings is 1. The molecule has 10 heteroatoms. The van der Waals surface area contributed by atoms with Gasteiger partial charge in [0.05, 0.1) is 34.7 Å². The summed E-state index contributed by atoms with van der Waals surface area (Å²) in [6.45, 7) is 3.35. The second-order valence-corrected chi connectivity index (χ2v) is 7.47. The summed E-state index contributed by atoms with van der Waals surface area (Å²) >= 11 is 0. The van der Waals surface area contributed by atoms with Crippen LogP contribution in [0.3, 0.4) is 0 Å². The highest BCUT2D eigenvalue weighted by Crippen LogP contribution is 2.24. The molecule has 0 aliphatic carbocycles. The molecular weight excluding hydrogens is 435 g/mol. The van der Waals surface area contributed by atoms with Crippen molar-refractivity contribution in [2.75, 3.05) is 5.32 Å². The summed E-state index contributed by atoms with van der Waals surface area (Å²) in [7, 11) is 0.